The third-order valence-corrected chi connectivity index (χ3v) is 10.8. The van der Waals surface area contributed by atoms with Crippen LogP contribution in [0.3, 0.4) is 0 Å². The van der Waals surface area contributed by atoms with Crippen molar-refractivity contribution in [2.75, 3.05) is 40.6 Å². The molecule has 8 unspecified atom stereocenters. The van der Waals surface area contributed by atoms with Crippen LogP contribution in [0.2, 0.25) is 0 Å². The molecule has 284 valence electrons. The van der Waals surface area contributed by atoms with Crippen molar-refractivity contribution in [3.63, 3.8) is 0 Å². The van der Waals surface area contributed by atoms with Crippen molar-refractivity contribution in [1.82, 2.24) is 0 Å². The maximum Gasteiger partial charge on any atom is 0.186 e. The van der Waals surface area contributed by atoms with Crippen molar-refractivity contribution >= 4 is 0 Å². The molecular formula is C29H45N9O13. The summed E-state index contributed by atoms with van der Waals surface area (Å²) in [5, 5.41) is 30.1. The van der Waals surface area contributed by atoms with Gasteiger partial charge in [0.25, 0.3) is 0 Å². The normalized spacial score (nSPS) is 50.2. The molecule has 0 amide bonds. The van der Waals surface area contributed by atoms with Crippen LogP contribution in [0.5, 0.6) is 0 Å². The predicted molar refractivity (Wildman–Crippen MR) is 167 cm³/mol. The Labute approximate surface area is 292 Å². The van der Waals surface area contributed by atoms with Crippen molar-refractivity contribution in [2.45, 2.75) is 125 Å². The number of epoxide rings is 1. The van der Waals surface area contributed by atoms with Crippen molar-refractivity contribution in [3.05, 3.63) is 31.3 Å². The smallest absolute Gasteiger partial charge is 0.186 e. The second kappa shape index (κ2) is 16.6. The highest BCUT2D eigenvalue weighted by molar-refractivity contribution is 5.01. The Balaban J connectivity index is 0.000000118. The zero-order valence-corrected chi connectivity index (χ0v) is 28.8. The fraction of sp³-hybridized carbons (Fsp3) is 1.00. The summed E-state index contributed by atoms with van der Waals surface area (Å²) < 4.78 is 58.7. The van der Waals surface area contributed by atoms with Crippen molar-refractivity contribution < 1.29 is 62.3 Å². The predicted octanol–water partition coefficient (Wildman–Crippen LogP) is 1.43. The first kappa shape index (κ1) is 38.1. The Bertz CT molecular complexity index is 1300. The van der Waals surface area contributed by atoms with E-state index in [1.165, 1.54) is 7.11 Å². The Morgan fingerprint density at radius 3 is 1.51 bits per heavy atom. The molecule has 0 radical (unpaired) electrons. The molecule has 9 fully saturated rings. The molecule has 9 aliphatic rings. The zero-order valence-electron chi connectivity index (χ0n) is 28.8. The van der Waals surface area contributed by atoms with Gasteiger partial charge < -0.3 is 62.3 Å². The number of ether oxygens (including phenoxy) is 11. The molecule has 9 rings (SSSR count). The second-order valence-electron chi connectivity index (χ2n) is 13.6. The van der Waals surface area contributed by atoms with Gasteiger partial charge in [0.15, 0.2) is 25.2 Å². The van der Waals surface area contributed by atoms with Crippen molar-refractivity contribution in [3.8, 4) is 0 Å². The highest BCUT2D eigenvalue weighted by Gasteiger charge is 2.59. The van der Waals surface area contributed by atoms with Gasteiger partial charge in [0.1, 0.15) is 36.4 Å². The van der Waals surface area contributed by atoms with E-state index in [4.69, 9.17) is 68.7 Å². The highest BCUT2D eigenvalue weighted by atomic mass is 16.8. The van der Waals surface area contributed by atoms with Crippen LogP contribution >= 0.6 is 0 Å². The number of rotatable bonds is 5. The molecule has 0 saturated carbocycles. The average molecular weight is 728 g/mol. The van der Waals surface area contributed by atoms with Gasteiger partial charge in [-0.25, -0.2) is 0 Å². The fourth-order valence-electron chi connectivity index (χ4n) is 7.58. The summed E-state index contributed by atoms with van der Waals surface area (Å²) in [6, 6.07) is -1.61. The first-order valence-electron chi connectivity index (χ1n) is 16.9. The molecule has 22 nitrogen and oxygen atoms in total. The lowest BCUT2D eigenvalue weighted by atomic mass is 9.91. The average Bonchev–Trinajstić information content (AvgIpc) is 3.56. The first-order valence-corrected chi connectivity index (χ1v) is 16.9. The maximum atomic E-state index is 9.74. The van der Waals surface area contributed by atoms with Gasteiger partial charge in [-0.1, -0.05) is 36.1 Å². The van der Waals surface area contributed by atoms with Crippen molar-refractivity contribution in [1.29, 1.82) is 0 Å². The Kier molecular flexibility index (Phi) is 12.4. The van der Waals surface area contributed by atoms with Crippen LogP contribution in [-0.4, -0.2) is 155 Å². The number of aliphatic hydroxyl groups excluding tert-OH is 2. The van der Waals surface area contributed by atoms with E-state index in [1.54, 1.807) is 7.11 Å². The van der Waals surface area contributed by atoms with Gasteiger partial charge in [-0.05, 0) is 16.6 Å². The van der Waals surface area contributed by atoms with E-state index in [0.29, 0.717) is 37.9 Å². The van der Waals surface area contributed by atoms with Gasteiger partial charge in [-0.15, -0.1) is 0 Å². The number of nitrogens with zero attached hydrogens (tertiary/aromatic N) is 9. The number of methoxy groups -OCH3 is 2. The summed E-state index contributed by atoms with van der Waals surface area (Å²) in [4.78, 5) is 8.14. The Hall–Kier alpha value is -2.59. The van der Waals surface area contributed by atoms with Crippen LogP contribution in [0.25, 0.3) is 31.3 Å². The number of aliphatic hydroxyl groups is 2. The third kappa shape index (κ3) is 7.74. The van der Waals surface area contributed by atoms with Crippen LogP contribution in [-0.2, 0) is 52.1 Å². The number of hydrogen-bond acceptors (Lipinski definition) is 16. The van der Waals surface area contributed by atoms with Gasteiger partial charge in [-0.3, -0.25) is 0 Å². The minimum absolute atomic E-state index is 0.0359. The molecule has 9 aliphatic heterocycles. The SMILES string of the molecule is CO[C@H]1C(N=[N+]=[N-])[C@@H]2OCC(O2)[C@H]1C.CO[C@H]1C(N=[N+]=[N-])[C@@H]2OCC(O2)[C@H]1O.C[C@@H]1C2CO[C@H](O2)C(N=[N+]=[N-])[C@@H]1O.C[C@@H]1C2CO[C@H](O2)C2O[C@@H]21. The summed E-state index contributed by atoms with van der Waals surface area (Å²) in [6.07, 6.45) is -3.16. The Morgan fingerprint density at radius 2 is 0.941 bits per heavy atom. The number of fused-ring (bicyclic) bond motifs is 10. The van der Waals surface area contributed by atoms with Crippen molar-refractivity contribution in [2.24, 2.45) is 33.1 Å². The molecule has 9 saturated heterocycles. The second-order valence-corrected chi connectivity index (χ2v) is 13.6. The highest BCUT2D eigenvalue weighted by Crippen LogP contribution is 2.44. The largest absolute Gasteiger partial charge is 0.392 e. The topological polar surface area (TPSA) is 292 Å². The van der Waals surface area contributed by atoms with Crippen LogP contribution in [0, 0.1) is 17.8 Å². The van der Waals surface area contributed by atoms with E-state index in [2.05, 4.69) is 37.0 Å². The van der Waals surface area contributed by atoms with Gasteiger partial charge >= 0.3 is 0 Å². The molecule has 0 aliphatic carbocycles. The van der Waals surface area contributed by atoms with Gasteiger partial charge in [-0.2, -0.15) is 0 Å². The van der Waals surface area contributed by atoms with E-state index >= 15 is 0 Å². The summed E-state index contributed by atoms with van der Waals surface area (Å²) >= 11 is 0. The number of hydrogen-bond donors (Lipinski definition) is 2. The summed E-state index contributed by atoms with van der Waals surface area (Å²) in [6.45, 7) is 8.15. The summed E-state index contributed by atoms with van der Waals surface area (Å²) in [5.74, 6) is 0.673. The van der Waals surface area contributed by atoms with E-state index < -0.39 is 49.3 Å². The quantitative estimate of drug-likeness (QED) is 0.176. The number of azide groups is 3. The molecule has 0 aromatic heterocycles. The molecule has 0 spiro atoms. The molecule has 0 aromatic carbocycles. The minimum Gasteiger partial charge on any atom is -0.392 e. The van der Waals surface area contributed by atoms with Crippen LogP contribution < -0.4 is 0 Å². The van der Waals surface area contributed by atoms with Gasteiger partial charge in [0.05, 0.1) is 69.2 Å². The fourth-order valence-corrected chi connectivity index (χ4v) is 7.58. The van der Waals surface area contributed by atoms with E-state index in [1.807, 2.05) is 13.8 Å². The standard InChI is InChI=1S/C8H13N3O3.C7H11N3O4.C7H11N3O3.C7H10O3/c1-4-5-3-13-8(14-5)6(10-11-9)7(4)12-2;1-12-6-4(9-10-8)7-13-2-3(14-7)5(6)11;1-3-4-2-12-7(13-4)5(6(3)11)9-10-8;1-3-4-2-8-7(9-4)6-5(3)10-6/h4-8H,3H2,1-2H3;3-7,11H,2H2,1H3;3-7,11H,2H2,1H3;3-7H,2H2,1H3/t4-,5?,6?,7-,8-;3?,4?,5-,6+,7-;3-,4?,5?,6-,7-;3-,4?,5-,6?,7-/m1111/s1. The van der Waals surface area contributed by atoms with E-state index in [-0.39, 0.29) is 54.7 Å². The molecule has 9 heterocycles. The lowest BCUT2D eigenvalue weighted by molar-refractivity contribution is -0.185. The molecule has 0 aromatic rings. The lowest BCUT2D eigenvalue weighted by Gasteiger charge is -2.36. The molecule has 2 N–H and O–H groups in total. The summed E-state index contributed by atoms with van der Waals surface area (Å²) in [5.41, 5.74) is 25.1. The maximum absolute atomic E-state index is 9.74. The molecule has 51 heavy (non-hydrogen) atoms. The third-order valence-electron chi connectivity index (χ3n) is 10.8. The monoisotopic (exact) mass is 727 g/mol. The molecule has 22 heteroatoms. The zero-order chi connectivity index (χ0) is 36.4. The first-order chi connectivity index (χ1) is 24.6. The van der Waals surface area contributed by atoms with E-state index in [0.717, 1.165) is 6.61 Å². The van der Waals surface area contributed by atoms with Crippen LogP contribution in [0.4, 0.5) is 0 Å². The minimum atomic E-state index is -0.811. The summed E-state index contributed by atoms with van der Waals surface area (Å²) in [7, 11) is 3.07. The molecular weight excluding hydrogens is 682 g/mol. The van der Waals surface area contributed by atoms with E-state index in [9.17, 15) is 10.2 Å². The van der Waals surface area contributed by atoms with Gasteiger partial charge in [0.2, 0.25) is 0 Å². The Morgan fingerprint density at radius 1 is 0.510 bits per heavy atom. The molecule has 20 atom stereocenters. The van der Waals surface area contributed by atoms with Crippen LogP contribution in [0.1, 0.15) is 20.8 Å². The lowest BCUT2D eigenvalue weighted by Crippen LogP contribution is -2.53. The van der Waals surface area contributed by atoms with Crippen LogP contribution in [0.15, 0.2) is 15.3 Å². The van der Waals surface area contributed by atoms with Gasteiger partial charge in [0, 0.05) is 46.7 Å². The molecule has 8 bridgehead atoms.